The molecule has 3 unspecified atom stereocenters. The van der Waals surface area contributed by atoms with Crippen molar-refractivity contribution >= 4 is 11.6 Å². The lowest BCUT2D eigenvalue weighted by molar-refractivity contribution is 0.231. The van der Waals surface area contributed by atoms with E-state index in [9.17, 15) is 0 Å². The highest BCUT2D eigenvalue weighted by atomic mass is 35.5. The minimum Gasteiger partial charge on any atom is -0.302 e. The van der Waals surface area contributed by atoms with Gasteiger partial charge in [0, 0.05) is 19.0 Å². The highest BCUT2D eigenvalue weighted by Crippen LogP contribution is 2.48. The van der Waals surface area contributed by atoms with E-state index in [2.05, 4.69) is 18.5 Å². The first-order chi connectivity index (χ1) is 7.19. The number of alkyl halides is 1. The van der Waals surface area contributed by atoms with E-state index in [1.807, 2.05) is 0 Å². The molecule has 0 amide bonds. The Morgan fingerprint density at radius 3 is 2.73 bits per heavy atom. The van der Waals surface area contributed by atoms with Crippen LogP contribution in [-0.4, -0.2) is 30.9 Å². The van der Waals surface area contributed by atoms with Gasteiger partial charge in [-0.05, 0) is 49.6 Å². The summed E-state index contributed by atoms with van der Waals surface area (Å²) in [5, 5.41) is 0. The molecule has 2 fully saturated rings. The monoisotopic (exact) mass is 227 g/mol. The van der Waals surface area contributed by atoms with Crippen molar-refractivity contribution in [3.63, 3.8) is 0 Å². The maximum absolute atomic E-state index is 5.75. The molecule has 0 aromatic heterocycles. The normalized spacial score (nSPS) is 33.9. The molecule has 0 aliphatic heterocycles. The molecule has 15 heavy (non-hydrogen) atoms. The van der Waals surface area contributed by atoms with E-state index in [4.69, 9.17) is 11.6 Å². The molecule has 2 saturated carbocycles. The zero-order chi connectivity index (χ0) is 10.8. The first kappa shape index (κ1) is 11.5. The summed E-state index contributed by atoms with van der Waals surface area (Å²) in [6, 6.07) is 0. The number of rotatable bonds is 5. The molecular weight excluding hydrogens is 206 g/mol. The molecule has 0 aromatic rings. The fourth-order valence-corrected chi connectivity index (χ4v) is 3.57. The van der Waals surface area contributed by atoms with Crippen LogP contribution in [0.25, 0.3) is 0 Å². The van der Waals surface area contributed by atoms with E-state index in [1.54, 1.807) is 0 Å². The molecule has 2 rings (SSSR count). The van der Waals surface area contributed by atoms with E-state index < -0.39 is 0 Å². The number of hydrogen-bond donors (Lipinski definition) is 0. The molecule has 0 radical (unpaired) electrons. The van der Waals surface area contributed by atoms with Gasteiger partial charge in [-0.3, -0.25) is 0 Å². The van der Waals surface area contributed by atoms with Gasteiger partial charge in [0.05, 0.1) is 0 Å². The van der Waals surface area contributed by atoms with Crippen molar-refractivity contribution in [1.29, 1.82) is 0 Å². The van der Waals surface area contributed by atoms with E-state index in [-0.39, 0.29) is 0 Å². The van der Waals surface area contributed by atoms with Gasteiger partial charge in [0.25, 0.3) is 0 Å². The molecule has 0 aromatic carbocycles. The molecule has 0 N–H and O–H groups in total. The van der Waals surface area contributed by atoms with Gasteiger partial charge < -0.3 is 4.90 Å². The van der Waals surface area contributed by atoms with Gasteiger partial charge in [-0.2, -0.15) is 0 Å². The lowest BCUT2D eigenvalue weighted by Crippen LogP contribution is -2.30. The van der Waals surface area contributed by atoms with Gasteiger partial charge in [0.2, 0.25) is 0 Å². The quantitative estimate of drug-likeness (QED) is 0.515. The second-order valence-electron chi connectivity index (χ2n) is 5.52. The summed E-state index contributed by atoms with van der Waals surface area (Å²) in [6.07, 6.45) is 5.97. The molecule has 2 aliphatic rings. The second-order valence-corrected chi connectivity index (χ2v) is 5.78. The van der Waals surface area contributed by atoms with Gasteiger partial charge in [-0.1, -0.05) is 13.0 Å². The second kappa shape index (κ2) is 4.88. The van der Waals surface area contributed by atoms with Gasteiger partial charge in [0.15, 0.2) is 0 Å². The molecule has 1 nitrogen and oxygen atoms in total. The summed E-state index contributed by atoms with van der Waals surface area (Å²) in [7, 11) is 2.20. The Morgan fingerprint density at radius 1 is 1.40 bits per heavy atom. The van der Waals surface area contributed by atoms with Crippen LogP contribution in [0.3, 0.4) is 0 Å². The summed E-state index contributed by atoms with van der Waals surface area (Å²) in [6.45, 7) is 6.18. The third kappa shape index (κ3) is 2.76. The SMILES string of the molecule is C=C(CCl)CN(C)CC1CC2CCC1C2. The van der Waals surface area contributed by atoms with Gasteiger partial charge in [-0.15, -0.1) is 11.6 Å². The minimum absolute atomic E-state index is 0.598. The Morgan fingerprint density at radius 2 is 2.20 bits per heavy atom. The molecule has 0 spiro atoms. The van der Waals surface area contributed by atoms with Crippen LogP contribution in [0.1, 0.15) is 25.7 Å². The Labute approximate surface area is 98.5 Å². The van der Waals surface area contributed by atoms with Crippen LogP contribution in [0.5, 0.6) is 0 Å². The minimum atomic E-state index is 0.598. The van der Waals surface area contributed by atoms with Gasteiger partial charge in [-0.25, -0.2) is 0 Å². The summed E-state index contributed by atoms with van der Waals surface area (Å²) < 4.78 is 0. The highest BCUT2D eigenvalue weighted by molar-refractivity contribution is 6.19. The molecule has 2 aliphatic carbocycles. The summed E-state index contributed by atoms with van der Waals surface area (Å²) in [5.74, 6) is 3.64. The van der Waals surface area contributed by atoms with Crippen molar-refractivity contribution in [2.24, 2.45) is 17.8 Å². The van der Waals surface area contributed by atoms with Crippen molar-refractivity contribution < 1.29 is 0 Å². The van der Waals surface area contributed by atoms with Crippen LogP contribution < -0.4 is 0 Å². The smallest absolute Gasteiger partial charge is 0.0443 e. The van der Waals surface area contributed by atoms with Crippen molar-refractivity contribution in [1.82, 2.24) is 4.90 Å². The van der Waals surface area contributed by atoms with Crippen molar-refractivity contribution in [2.75, 3.05) is 26.0 Å². The Bertz CT molecular complexity index is 239. The average molecular weight is 228 g/mol. The number of likely N-dealkylation sites (N-methyl/N-ethyl adjacent to an activating group) is 1. The molecule has 0 heterocycles. The van der Waals surface area contributed by atoms with E-state index in [1.165, 1.54) is 32.2 Å². The fourth-order valence-electron chi connectivity index (χ4n) is 3.49. The molecular formula is C13H22ClN. The standard InChI is InChI=1S/C13H22ClN/c1-10(7-14)8-15(2)9-13-6-11-3-4-12(13)5-11/h11-13H,1,3-9H2,2H3. The first-order valence-electron chi connectivity index (χ1n) is 6.10. The number of fused-ring (bicyclic) bond motifs is 2. The summed E-state index contributed by atoms with van der Waals surface area (Å²) in [4.78, 5) is 2.40. The molecule has 3 atom stereocenters. The van der Waals surface area contributed by atoms with Crippen LogP contribution in [0.15, 0.2) is 12.2 Å². The Balaban J connectivity index is 1.75. The van der Waals surface area contributed by atoms with Crippen molar-refractivity contribution in [3.05, 3.63) is 12.2 Å². The predicted molar refractivity (Wildman–Crippen MR) is 66.3 cm³/mol. The number of hydrogen-bond acceptors (Lipinski definition) is 1. The molecule has 86 valence electrons. The molecule has 0 saturated heterocycles. The van der Waals surface area contributed by atoms with Crippen LogP contribution in [0.2, 0.25) is 0 Å². The number of nitrogens with zero attached hydrogens (tertiary/aromatic N) is 1. The van der Waals surface area contributed by atoms with Crippen molar-refractivity contribution in [2.45, 2.75) is 25.7 Å². The van der Waals surface area contributed by atoms with Crippen LogP contribution in [-0.2, 0) is 0 Å². The van der Waals surface area contributed by atoms with E-state index in [0.717, 1.165) is 29.9 Å². The molecule has 2 bridgehead atoms. The predicted octanol–water partition coefficient (Wildman–Crippen LogP) is 3.15. The average Bonchev–Trinajstić information content (AvgIpc) is 2.78. The van der Waals surface area contributed by atoms with E-state index in [0.29, 0.717) is 5.88 Å². The summed E-state index contributed by atoms with van der Waals surface area (Å²) >= 11 is 5.75. The maximum atomic E-state index is 5.75. The largest absolute Gasteiger partial charge is 0.302 e. The van der Waals surface area contributed by atoms with Gasteiger partial charge >= 0.3 is 0 Å². The highest BCUT2D eigenvalue weighted by Gasteiger charge is 2.39. The Hall–Kier alpha value is -0.0100. The lowest BCUT2D eigenvalue weighted by Gasteiger charge is -2.27. The third-order valence-electron chi connectivity index (χ3n) is 4.11. The third-order valence-corrected chi connectivity index (χ3v) is 4.49. The van der Waals surface area contributed by atoms with Gasteiger partial charge in [0.1, 0.15) is 0 Å². The lowest BCUT2D eigenvalue weighted by atomic mass is 9.88. The topological polar surface area (TPSA) is 3.24 Å². The number of halogens is 1. The van der Waals surface area contributed by atoms with E-state index >= 15 is 0 Å². The summed E-state index contributed by atoms with van der Waals surface area (Å²) in [5.41, 5.74) is 1.14. The first-order valence-corrected chi connectivity index (χ1v) is 6.63. The zero-order valence-electron chi connectivity index (χ0n) is 9.71. The maximum Gasteiger partial charge on any atom is 0.0443 e. The van der Waals surface area contributed by atoms with Crippen LogP contribution >= 0.6 is 11.6 Å². The fraction of sp³-hybridized carbons (Fsp3) is 0.846. The van der Waals surface area contributed by atoms with Crippen LogP contribution in [0.4, 0.5) is 0 Å². The van der Waals surface area contributed by atoms with Crippen molar-refractivity contribution in [3.8, 4) is 0 Å². The molecule has 2 heteroatoms. The Kier molecular flexibility index (Phi) is 3.73. The zero-order valence-corrected chi connectivity index (χ0v) is 10.5. The van der Waals surface area contributed by atoms with Crippen LogP contribution in [0, 0.1) is 17.8 Å².